The van der Waals surface area contributed by atoms with E-state index in [1.165, 1.54) is 17.7 Å². The fourth-order valence-electron chi connectivity index (χ4n) is 2.46. The van der Waals surface area contributed by atoms with E-state index in [2.05, 4.69) is 29.6 Å². The number of rotatable bonds is 1. The van der Waals surface area contributed by atoms with Crippen LogP contribution >= 0.6 is 0 Å². The normalized spacial score (nSPS) is 13.3. The van der Waals surface area contributed by atoms with Crippen molar-refractivity contribution in [1.29, 1.82) is 5.26 Å². The molecule has 0 unspecified atom stereocenters. The van der Waals surface area contributed by atoms with Gasteiger partial charge >= 0.3 is 0 Å². The first-order chi connectivity index (χ1) is 8.88. The van der Waals surface area contributed by atoms with Gasteiger partial charge in [-0.2, -0.15) is 5.26 Å². The molecule has 0 radical (unpaired) electrons. The van der Waals surface area contributed by atoms with Gasteiger partial charge in [0.25, 0.3) is 0 Å². The van der Waals surface area contributed by atoms with Gasteiger partial charge in [0.05, 0.1) is 11.6 Å². The lowest BCUT2D eigenvalue weighted by Crippen LogP contribution is -2.11. The number of hydrogen-bond donors (Lipinski definition) is 1. The number of aryl methyl sites for hydroxylation is 1. The standard InChI is InChI=1S/C16H14N2/c17-11-14-4-1-2-6-15(14)13-8-7-12-5-3-9-18-16(12)10-13/h1-2,4,6-8,10,18H,3,5,9H2. The van der Waals surface area contributed by atoms with Crippen molar-refractivity contribution in [2.45, 2.75) is 12.8 Å². The third-order valence-electron chi connectivity index (χ3n) is 3.41. The van der Waals surface area contributed by atoms with Gasteiger partial charge in [0.15, 0.2) is 0 Å². The summed E-state index contributed by atoms with van der Waals surface area (Å²) in [6, 6.07) is 16.4. The van der Waals surface area contributed by atoms with Gasteiger partial charge in [0.2, 0.25) is 0 Å². The molecule has 0 saturated carbocycles. The highest BCUT2D eigenvalue weighted by molar-refractivity contribution is 5.74. The van der Waals surface area contributed by atoms with E-state index in [1.807, 2.05) is 24.3 Å². The van der Waals surface area contributed by atoms with E-state index in [-0.39, 0.29) is 0 Å². The van der Waals surface area contributed by atoms with Crippen LogP contribution in [0.25, 0.3) is 11.1 Å². The van der Waals surface area contributed by atoms with Crippen molar-refractivity contribution in [2.75, 3.05) is 11.9 Å². The lowest BCUT2D eigenvalue weighted by atomic mass is 9.95. The molecule has 0 aliphatic carbocycles. The molecule has 1 N–H and O–H groups in total. The third-order valence-corrected chi connectivity index (χ3v) is 3.41. The Labute approximate surface area is 107 Å². The molecule has 2 aromatic carbocycles. The zero-order chi connectivity index (χ0) is 12.4. The molecule has 88 valence electrons. The van der Waals surface area contributed by atoms with Gasteiger partial charge < -0.3 is 5.32 Å². The first-order valence-electron chi connectivity index (χ1n) is 6.25. The highest BCUT2D eigenvalue weighted by Gasteiger charge is 2.10. The summed E-state index contributed by atoms with van der Waals surface area (Å²) in [5.74, 6) is 0. The highest BCUT2D eigenvalue weighted by Crippen LogP contribution is 2.30. The smallest absolute Gasteiger partial charge is 0.0998 e. The minimum absolute atomic E-state index is 0.730. The maximum Gasteiger partial charge on any atom is 0.0998 e. The highest BCUT2D eigenvalue weighted by atomic mass is 14.9. The summed E-state index contributed by atoms with van der Waals surface area (Å²) >= 11 is 0. The van der Waals surface area contributed by atoms with Gasteiger partial charge in [-0.15, -0.1) is 0 Å². The van der Waals surface area contributed by atoms with E-state index in [9.17, 15) is 0 Å². The summed E-state index contributed by atoms with van der Waals surface area (Å²) in [5, 5.41) is 12.6. The number of anilines is 1. The average molecular weight is 234 g/mol. The van der Waals surface area contributed by atoms with Gasteiger partial charge in [0.1, 0.15) is 0 Å². The summed E-state index contributed by atoms with van der Waals surface area (Å²) in [5.41, 5.74) is 5.44. The van der Waals surface area contributed by atoms with E-state index in [0.717, 1.165) is 29.7 Å². The molecular formula is C16H14N2. The van der Waals surface area contributed by atoms with E-state index in [4.69, 9.17) is 5.26 Å². The van der Waals surface area contributed by atoms with Gasteiger partial charge in [0, 0.05) is 12.2 Å². The van der Waals surface area contributed by atoms with Crippen molar-refractivity contribution in [3.63, 3.8) is 0 Å². The molecule has 3 rings (SSSR count). The van der Waals surface area contributed by atoms with Crippen LogP contribution in [0, 0.1) is 11.3 Å². The summed E-state index contributed by atoms with van der Waals surface area (Å²) in [4.78, 5) is 0. The Morgan fingerprint density at radius 3 is 2.89 bits per heavy atom. The minimum atomic E-state index is 0.730. The topological polar surface area (TPSA) is 35.8 Å². The van der Waals surface area contributed by atoms with Crippen molar-refractivity contribution in [3.8, 4) is 17.2 Å². The molecule has 0 fully saturated rings. The van der Waals surface area contributed by atoms with E-state index in [1.54, 1.807) is 0 Å². The van der Waals surface area contributed by atoms with Crippen molar-refractivity contribution < 1.29 is 0 Å². The Balaban J connectivity index is 2.10. The van der Waals surface area contributed by atoms with Crippen LogP contribution in [0.4, 0.5) is 5.69 Å². The molecular weight excluding hydrogens is 220 g/mol. The molecule has 0 aromatic heterocycles. The van der Waals surface area contributed by atoms with E-state index >= 15 is 0 Å². The zero-order valence-electron chi connectivity index (χ0n) is 10.1. The third kappa shape index (κ3) is 1.84. The van der Waals surface area contributed by atoms with E-state index < -0.39 is 0 Å². The predicted octanol–water partition coefficient (Wildman–Crippen LogP) is 3.58. The summed E-state index contributed by atoms with van der Waals surface area (Å²) in [6.07, 6.45) is 2.34. The van der Waals surface area contributed by atoms with Crippen molar-refractivity contribution in [3.05, 3.63) is 53.6 Å². The average Bonchev–Trinajstić information content (AvgIpc) is 2.46. The number of nitriles is 1. The molecule has 1 aliphatic rings. The molecule has 0 amide bonds. The second-order valence-electron chi connectivity index (χ2n) is 4.56. The Morgan fingerprint density at radius 1 is 1.11 bits per heavy atom. The molecule has 0 spiro atoms. The molecule has 0 atom stereocenters. The Kier molecular flexibility index (Phi) is 2.74. The summed E-state index contributed by atoms with van der Waals surface area (Å²) in [6.45, 7) is 1.04. The van der Waals surface area contributed by atoms with Crippen LogP contribution in [0.3, 0.4) is 0 Å². The Morgan fingerprint density at radius 2 is 2.00 bits per heavy atom. The second kappa shape index (κ2) is 4.54. The van der Waals surface area contributed by atoms with Crippen molar-refractivity contribution in [1.82, 2.24) is 0 Å². The van der Waals surface area contributed by atoms with E-state index in [0.29, 0.717) is 0 Å². The van der Waals surface area contributed by atoms with Crippen molar-refractivity contribution >= 4 is 5.69 Å². The molecule has 2 nitrogen and oxygen atoms in total. The van der Waals surface area contributed by atoms with Gasteiger partial charge in [-0.3, -0.25) is 0 Å². The van der Waals surface area contributed by atoms with Crippen LogP contribution in [0.2, 0.25) is 0 Å². The van der Waals surface area contributed by atoms with Crippen LogP contribution < -0.4 is 5.32 Å². The predicted molar refractivity (Wildman–Crippen MR) is 73.4 cm³/mol. The van der Waals surface area contributed by atoms with Crippen molar-refractivity contribution in [2.24, 2.45) is 0 Å². The molecule has 2 heteroatoms. The molecule has 0 saturated heterocycles. The quantitative estimate of drug-likeness (QED) is 0.818. The van der Waals surface area contributed by atoms with Crippen LogP contribution in [-0.4, -0.2) is 6.54 Å². The number of hydrogen-bond acceptors (Lipinski definition) is 2. The maximum absolute atomic E-state index is 9.15. The second-order valence-corrected chi connectivity index (χ2v) is 4.56. The maximum atomic E-state index is 9.15. The summed E-state index contributed by atoms with van der Waals surface area (Å²) in [7, 11) is 0. The molecule has 1 aliphatic heterocycles. The SMILES string of the molecule is N#Cc1ccccc1-c1ccc2c(c1)NCCC2. The van der Waals surface area contributed by atoms with Gasteiger partial charge in [-0.1, -0.05) is 30.3 Å². The number of nitrogens with zero attached hydrogens (tertiary/aromatic N) is 1. The first kappa shape index (κ1) is 10.9. The van der Waals surface area contributed by atoms with Gasteiger partial charge in [-0.25, -0.2) is 0 Å². The fraction of sp³-hybridized carbons (Fsp3) is 0.188. The fourth-order valence-corrected chi connectivity index (χ4v) is 2.46. The number of fused-ring (bicyclic) bond motifs is 1. The summed E-state index contributed by atoms with van der Waals surface area (Å²) < 4.78 is 0. The lowest BCUT2D eigenvalue weighted by molar-refractivity contribution is 0.830. The van der Waals surface area contributed by atoms with Crippen LogP contribution in [0.5, 0.6) is 0 Å². The number of nitrogens with one attached hydrogen (secondary N) is 1. The van der Waals surface area contributed by atoms with Crippen LogP contribution in [0.1, 0.15) is 17.5 Å². The monoisotopic (exact) mass is 234 g/mol. The zero-order valence-corrected chi connectivity index (χ0v) is 10.1. The van der Waals surface area contributed by atoms with Gasteiger partial charge in [-0.05, 0) is 41.7 Å². The molecule has 2 aromatic rings. The van der Waals surface area contributed by atoms with Crippen LogP contribution in [-0.2, 0) is 6.42 Å². The Bertz CT molecular complexity index is 623. The molecule has 1 heterocycles. The van der Waals surface area contributed by atoms with Crippen LogP contribution in [0.15, 0.2) is 42.5 Å². The largest absolute Gasteiger partial charge is 0.385 e. The molecule has 18 heavy (non-hydrogen) atoms. The minimum Gasteiger partial charge on any atom is -0.385 e. The molecule has 0 bridgehead atoms. The first-order valence-corrected chi connectivity index (χ1v) is 6.25. The lowest BCUT2D eigenvalue weighted by Gasteiger charge is -2.19. The number of benzene rings is 2. The Hall–Kier alpha value is -2.27.